The van der Waals surface area contributed by atoms with Crippen LogP contribution in [0, 0.1) is 6.92 Å². The van der Waals surface area contributed by atoms with E-state index in [-0.39, 0.29) is 10.8 Å². The Balaban J connectivity index is 1.34. The molecule has 1 N–H and O–H groups in total. The van der Waals surface area contributed by atoms with E-state index in [1.807, 2.05) is 36.6 Å². The van der Waals surface area contributed by atoms with Gasteiger partial charge < -0.3 is 10.1 Å². The Kier molecular flexibility index (Phi) is 6.61. The fourth-order valence-corrected chi connectivity index (χ4v) is 6.35. The number of benzene rings is 2. The van der Waals surface area contributed by atoms with Gasteiger partial charge in [-0.3, -0.25) is 4.79 Å². The van der Waals surface area contributed by atoms with Crippen LogP contribution in [-0.2, 0) is 10.0 Å². The van der Waals surface area contributed by atoms with Crippen LogP contribution in [0.15, 0.2) is 64.9 Å². The van der Waals surface area contributed by atoms with Crippen LogP contribution in [0.4, 0.5) is 5.82 Å². The standard InChI is InChI=1S/C25H25N5O4S2/c1-17-15-23(30(28-17)25-26-22(16-35-25)18-5-9-20(34-2)10-6-18)27-24(31)19-7-11-21(12-8-19)36(32,33)29-13-3-4-14-29/h5-12,15-16H,3-4,13-14H2,1-2H3,(H,27,31). The largest absolute Gasteiger partial charge is 0.497 e. The fourth-order valence-electron chi connectivity index (χ4n) is 4.03. The van der Waals surface area contributed by atoms with Crippen LogP contribution < -0.4 is 10.1 Å². The van der Waals surface area contributed by atoms with Crippen molar-refractivity contribution >= 4 is 33.1 Å². The van der Waals surface area contributed by atoms with E-state index < -0.39 is 10.0 Å². The molecule has 4 aromatic rings. The molecule has 0 unspecified atom stereocenters. The van der Waals surface area contributed by atoms with Gasteiger partial charge in [-0.15, -0.1) is 11.3 Å². The molecule has 3 heterocycles. The van der Waals surface area contributed by atoms with Crippen molar-refractivity contribution in [1.29, 1.82) is 0 Å². The molecule has 1 aliphatic heterocycles. The van der Waals surface area contributed by atoms with E-state index in [2.05, 4.69) is 10.4 Å². The van der Waals surface area contributed by atoms with E-state index in [0.29, 0.717) is 29.6 Å². The third-order valence-electron chi connectivity index (χ3n) is 5.95. The molecule has 1 fully saturated rings. The number of aryl methyl sites for hydroxylation is 1. The van der Waals surface area contributed by atoms with E-state index in [0.717, 1.165) is 35.5 Å². The number of methoxy groups -OCH3 is 1. The third kappa shape index (κ3) is 4.77. The van der Waals surface area contributed by atoms with Gasteiger partial charge >= 0.3 is 0 Å². The Morgan fingerprint density at radius 1 is 1.06 bits per heavy atom. The zero-order valence-corrected chi connectivity index (χ0v) is 21.5. The molecule has 36 heavy (non-hydrogen) atoms. The molecule has 1 saturated heterocycles. The molecule has 9 nitrogen and oxygen atoms in total. The van der Waals surface area contributed by atoms with Crippen LogP contribution in [0.2, 0.25) is 0 Å². The van der Waals surface area contributed by atoms with E-state index >= 15 is 0 Å². The van der Waals surface area contributed by atoms with Crippen molar-refractivity contribution in [3.63, 3.8) is 0 Å². The van der Waals surface area contributed by atoms with Crippen molar-refractivity contribution in [2.45, 2.75) is 24.7 Å². The van der Waals surface area contributed by atoms with Crippen LogP contribution in [0.3, 0.4) is 0 Å². The monoisotopic (exact) mass is 523 g/mol. The van der Waals surface area contributed by atoms with Crippen molar-refractivity contribution in [3.8, 4) is 22.1 Å². The highest BCUT2D eigenvalue weighted by atomic mass is 32.2. The highest BCUT2D eigenvalue weighted by Gasteiger charge is 2.27. The van der Waals surface area contributed by atoms with Gasteiger partial charge in [-0.2, -0.15) is 14.1 Å². The first-order valence-electron chi connectivity index (χ1n) is 11.4. The second-order valence-corrected chi connectivity index (χ2v) is 11.2. The summed E-state index contributed by atoms with van der Waals surface area (Å²) in [4.78, 5) is 17.9. The molecular formula is C25H25N5O4S2. The number of ether oxygens (including phenoxy) is 1. The smallest absolute Gasteiger partial charge is 0.256 e. The lowest BCUT2D eigenvalue weighted by molar-refractivity contribution is 0.102. The van der Waals surface area contributed by atoms with Crippen LogP contribution in [0.25, 0.3) is 16.4 Å². The maximum atomic E-state index is 13.0. The number of hydrogen-bond acceptors (Lipinski definition) is 7. The third-order valence-corrected chi connectivity index (χ3v) is 8.68. The van der Waals surface area contributed by atoms with E-state index in [1.165, 1.54) is 39.9 Å². The molecule has 1 aliphatic rings. The van der Waals surface area contributed by atoms with E-state index in [4.69, 9.17) is 9.72 Å². The summed E-state index contributed by atoms with van der Waals surface area (Å²) in [5.41, 5.74) is 2.80. The number of rotatable bonds is 7. The van der Waals surface area contributed by atoms with E-state index in [1.54, 1.807) is 17.9 Å². The summed E-state index contributed by atoms with van der Waals surface area (Å²) in [5, 5.41) is 9.91. The molecule has 2 aromatic carbocycles. The van der Waals surface area contributed by atoms with Crippen LogP contribution in [-0.4, -0.2) is 53.6 Å². The molecule has 0 spiro atoms. The van der Waals surface area contributed by atoms with Crippen molar-refractivity contribution in [1.82, 2.24) is 19.1 Å². The van der Waals surface area contributed by atoms with Gasteiger partial charge in [-0.05, 0) is 68.3 Å². The lowest BCUT2D eigenvalue weighted by atomic mass is 10.2. The summed E-state index contributed by atoms with van der Waals surface area (Å²) in [6.07, 6.45) is 1.74. The van der Waals surface area contributed by atoms with E-state index in [9.17, 15) is 13.2 Å². The normalized spacial score (nSPS) is 14.2. The average Bonchev–Trinajstić information content (AvgIpc) is 3.66. The number of nitrogens with one attached hydrogen (secondary N) is 1. The van der Waals surface area contributed by atoms with Gasteiger partial charge in [0.15, 0.2) is 0 Å². The first kappa shape index (κ1) is 24.2. The summed E-state index contributed by atoms with van der Waals surface area (Å²) in [6, 6.07) is 15.4. The minimum Gasteiger partial charge on any atom is -0.497 e. The second kappa shape index (κ2) is 9.84. The topological polar surface area (TPSA) is 106 Å². The maximum Gasteiger partial charge on any atom is 0.256 e. The minimum absolute atomic E-state index is 0.190. The lowest BCUT2D eigenvalue weighted by Crippen LogP contribution is -2.27. The Morgan fingerprint density at radius 3 is 2.42 bits per heavy atom. The lowest BCUT2D eigenvalue weighted by Gasteiger charge is -2.15. The number of amides is 1. The highest BCUT2D eigenvalue weighted by Crippen LogP contribution is 2.28. The summed E-state index contributed by atoms with van der Waals surface area (Å²) >= 11 is 1.41. The summed E-state index contributed by atoms with van der Waals surface area (Å²) in [6.45, 7) is 2.90. The highest BCUT2D eigenvalue weighted by molar-refractivity contribution is 7.89. The maximum absolute atomic E-state index is 13.0. The number of carbonyl (C=O) groups is 1. The summed E-state index contributed by atoms with van der Waals surface area (Å²) < 4.78 is 33.8. The predicted molar refractivity (Wildman–Crippen MR) is 138 cm³/mol. The molecule has 11 heteroatoms. The zero-order chi connectivity index (χ0) is 25.3. The molecule has 0 bridgehead atoms. The number of nitrogens with zero attached hydrogens (tertiary/aromatic N) is 4. The molecule has 0 atom stereocenters. The summed E-state index contributed by atoms with van der Waals surface area (Å²) in [7, 11) is -1.91. The number of sulfonamides is 1. The van der Waals surface area contributed by atoms with Crippen LogP contribution >= 0.6 is 11.3 Å². The fraction of sp³-hybridized carbons (Fsp3) is 0.240. The molecule has 0 radical (unpaired) electrons. The van der Waals surface area contributed by atoms with Gasteiger partial charge in [0.2, 0.25) is 15.2 Å². The molecule has 0 aliphatic carbocycles. The predicted octanol–water partition coefficient (Wildman–Crippen LogP) is 4.35. The Labute approximate surface area is 213 Å². The number of thiazole rings is 1. The quantitative estimate of drug-likeness (QED) is 0.386. The van der Waals surface area contributed by atoms with Crippen LogP contribution in [0.1, 0.15) is 28.9 Å². The molecule has 186 valence electrons. The number of aromatic nitrogens is 3. The number of anilines is 1. The zero-order valence-electron chi connectivity index (χ0n) is 19.8. The molecule has 0 saturated carbocycles. The summed E-state index contributed by atoms with van der Waals surface area (Å²) in [5.74, 6) is 0.874. The van der Waals surface area contributed by atoms with Crippen molar-refractivity contribution in [3.05, 3.63) is 71.2 Å². The van der Waals surface area contributed by atoms with Gasteiger partial charge in [0.1, 0.15) is 11.6 Å². The van der Waals surface area contributed by atoms with Crippen molar-refractivity contribution < 1.29 is 17.9 Å². The number of carbonyl (C=O) groups excluding carboxylic acids is 1. The Morgan fingerprint density at radius 2 is 1.75 bits per heavy atom. The van der Waals surface area contributed by atoms with Crippen molar-refractivity contribution in [2.24, 2.45) is 0 Å². The SMILES string of the molecule is COc1ccc(-c2csc(-n3nc(C)cc3NC(=O)c3ccc(S(=O)(=O)N4CCCC4)cc3)n2)cc1. The second-order valence-electron chi connectivity index (χ2n) is 8.42. The Bertz CT molecular complexity index is 1490. The molecule has 1 amide bonds. The first-order valence-corrected chi connectivity index (χ1v) is 13.8. The van der Waals surface area contributed by atoms with Gasteiger partial charge in [-0.1, -0.05) is 0 Å². The van der Waals surface area contributed by atoms with Gasteiger partial charge in [0, 0.05) is 35.7 Å². The first-order chi connectivity index (χ1) is 17.3. The minimum atomic E-state index is -3.53. The molecule has 2 aromatic heterocycles. The molecular weight excluding hydrogens is 498 g/mol. The van der Waals surface area contributed by atoms with Gasteiger partial charge in [0.25, 0.3) is 5.91 Å². The Hall–Kier alpha value is -3.54. The van der Waals surface area contributed by atoms with Crippen molar-refractivity contribution in [2.75, 3.05) is 25.5 Å². The molecule has 5 rings (SSSR count). The van der Waals surface area contributed by atoms with Gasteiger partial charge in [-0.25, -0.2) is 13.4 Å². The average molecular weight is 524 g/mol. The van der Waals surface area contributed by atoms with Crippen LogP contribution in [0.5, 0.6) is 5.75 Å². The van der Waals surface area contributed by atoms with Gasteiger partial charge in [0.05, 0.1) is 23.4 Å². The number of hydrogen-bond donors (Lipinski definition) is 1.